The Morgan fingerprint density at radius 2 is 0.777 bits per heavy atom. The highest BCUT2D eigenvalue weighted by atomic mass is 32.2. The van der Waals surface area contributed by atoms with Gasteiger partial charge in [0, 0.05) is 190 Å². The molecule has 0 spiro atoms. The normalized spacial score (nSPS) is 8.73. The first-order chi connectivity index (χ1) is 47.3. The number of esters is 1. The predicted octanol–water partition coefficient (Wildman–Crippen LogP) is -4.75. The molecule has 0 saturated carbocycles. The molecular formula is C50H128N24O19S10. The van der Waals surface area contributed by atoms with Crippen LogP contribution in [0.1, 0.15) is 20.8 Å². The van der Waals surface area contributed by atoms with Gasteiger partial charge in [-0.25, -0.2) is 65.0 Å². The number of nitrogens with one attached hydrogen (secondary N) is 20. The largest absolute Gasteiger partial charge is 0.462 e. The number of hydrogen-bond donors (Lipinski definition) is 20. The number of urea groups is 2. The van der Waals surface area contributed by atoms with E-state index in [9.17, 15) is 73.2 Å². The number of carbonyl (C=O) groups excluding carboxylic acids is 10. The molecule has 0 fully saturated rings. The second-order valence-corrected chi connectivity index (χ2v) is 26.3. The number of methoxy groups -OCH3 is 3. The molecule has 0 aromatic carbocycles. The molecule has 0 rings (SSSR count). The second kappa shape index (κ2) is 104. The molecule has 0 aliphatic carbocycles. The lowest BCUT2D eigenvalue weighted by atomic mass is 10.4. The summed E-state index contributed by atoms with van der Waals surface area (Å²) in [5.41, 5.74) is 0. The lowest BCUT2D eigenvalue weighted by molar-refractivity contribution is -0.152. The van der Waals surface area contributed by atoms with Crippen molar-refractivity contribution in [3.63, 3.8) is 0 Å². The molecule has 10 amide bonds. The van der Waals surface area contributed by atoms with Crippen LogP contribution in [0, 0.1) is 0 Å². The van der Waals surface area contributed by atoms with Gasteiger partial charge in [0.2, 0.25) is 11.7 Å². The zero-order valence-corrected chi connectivity index (χ0v) is 74.8. The van der Waals surface area contributed by atoms with Gasteiger partial charge in [-0.3, -0.25) is 24.0 Å². The van der Waals surface area contributed by atoms with E-state index in [1.807, 2.05) is 53.3 Å². The molecule has 1 atom stereocenters. The first-order valence-electron chi connectivity index (χ1n) is 28.0. The Morgan fingerprint density at radius 3 is 0.786 bits per heavy atom. The first kappa shape index (κ1) is 136. The predicted molar refractivity (Wildman–Crippen MR) is 438 cm³/mol. The lowest BCUT2D eigenvalue weighted by Gasteiger charge is -2.11. The maximum Gasteiger partial charge on any atom is 0.406 e. The molecule has 0 heterocycles. The van der Waals surface area contributed by atoms with Crippen LogP contribution in [0.2, 0.25) is 0 Å². The Labute approximate surface area is 649 Å². The van der Waals surface area contributed by atoms with Crippen molar-refractivity contribution in [2.45, 2.75) is 20.8 Å². The van der Waals surface area contributed by atoms with Crippen LogP contribution >= 0.6 is 72.4 Å². The van der Waals surface area contributed by atoms with Crippen molar-refractivity contribution < 1.29 is 87.4 Å². The van der Waals surface area contributed by atoms with Gasteiger partial charge in [0.25, 0.3) is 31.6 Å². The summed E-state index contributed by atoms with van der Waals surface area (Å²) >= 11 is 19.4. The molecule has 0 aliphatic rings. The highest BCUT2D eigenvalue weighted by Crippen LogP contribution is 1.90. The zero-order valence-electron chi connectivity index (χ0n) is 66.6. The fraction of sp³-hybridized carbons (Fsp3) is 0.720. The minimum Gasteiger partial charge on any atom is -0.462 e. The molecule has 103 heavy (non-hydrogen) atoms. The van der Waals surface area contributed by atoms with Crippen LogP contribution in [0.15, 0.2) is 0 Å². The number of nitrogens with zero attached hydrogens (tertiary/aromatic N) is 4. The molecular weight excluding hydrogens is 1560 g/mol. The standard InChI is InChI=1S/C4H10N2O.C4H10N2S.C4H7NO3.C4H7NO2.C3H10N2O2S.C3H10N2OS.C3H8N2O.C3H8N2S.2C3H7NO2.C3H7NOS.C3H7NO.C3H7NS2.C3H7NS.C2H8N2O2S.C2H8N2OS/c2*1-5-4(7)6(2)3;1-5-3(6)4(7)8-2;1-3(6)4(7)5-2;1-4-8(6,7)5(2)3;1-4-7(6)5(2)3;2*1-4-3(6)5-2;3*1-4-3(5)6-2;1-3(5)4-2;1-4-3(5)6-2;1-3(5)4-2;1-3-7(5,6)4-2;1-3-6(5)4-2/h2*1-3H3,(H,5,7);1-2H3,(H,5,6);1-2H3,(H,5,7);4H,1-3H3;4H,1-3H3;2*1-2H3,(H2,4,5,6);3*1-2H3,(H,4,5);1-2H3,(H,4,5);1-2H3,(H,4,5);1-2H3,(H,4,5);3-4H,1-2H3;3-4H,1-2H3. The summed E-state index contributed by atoms with van der Waals surface area (Å²) in [6, 6.07) is -0.227. The van der Waals surface area contributed by atoms with Gasteiger partial charge in [0.15, 0.2) is 32.6 Å². The maximum atomic E-state index is 10.5. The van der Waals surface area contributed by atoms with Crippen LogP contribution in [0.5, 0.6) is 0 Å². The molecule has 0 aromatic rings. The number of Topliss-reactive ketones (excluding diaryl/α,β-unsaturated/α-hetero) is 1. The minimum atomic E-state index is -3.16. The van der Waals surface area contributed by atoms with Crippen LogP contribution in [0.25, 0.3) is 0 Å². The fourth-order valence-electron chi connectivity index (χ4n) is 2.05. The quantitative estimate of drug-likeness (QED) is 0.0446. The van der Waals surface area contributed by atoms with Crippen LogP contribution in [0.3, 0.4) is 0 Å². The van der Waals surface area contributed by atoms with E-state index in [4.69, 9.17) is 24.4 Å². The van der Waals surface area contributed by atoms with E-state index in [0.29, 0.717) is 5.11 Å². The van der Waals surface area contributed by atoms with Crippen molar-refractivity contribution in [1.82, 2.24) is 121 Å². The fourth-order valence-corrected chi connectivity index (χ4v) is 3.59. The number of carbonyl (C=O) groups is 10. The summed E-state index contributed by atoms with van der Waals surface area (Å²) < 4.78 is 91.5. The van der Waals surface area contributed by atoms with Crippen molar-refractivity contribution in [2.24, 2.45) is 0 Å². The SMILES string of the molecule is CNC(=O)C(=O)OC.CNC(=O)C(C)=O.CNC(=O)N(C)C.CNC(=O)NC.CNC(=O)OC.CNC(=O)OC.CNC(=O)SC.CNC(=S)N(C)C.CNC(=S)NC.CNC(=S)SC.CNC(C)=O.CNC(C)=S.CNS(=O)(=O)N(C)C.CNS(=O)(=O)NC.CNS(=O)N(C)C.CNS(=O)NC. The zero-order chi connectivity index (χ0) is 86.2. The summed E-state index contributed by atoms with van der Waals surface area (Å²) in [5, 5.41) is 36.1. The summed E-state index contributed by atoms with van der Waals surface area (Å²) in [7, 11) is 42.7. The number of ether oxygens (including phenoxy) is 3. The minimum absolute atomic E-state index is 0.00463. The number of thiocarbonyl (C=S) groups is 4. The third kappa shape index (κ3) is 159. The molecule has 622 valence electrons. The number of amides is 10. The van der Waals surface area contributed by atoms with Crippen LogP contribution < -0.4 is 103 Å². The number of likely N-dealkylation sites (N-methyl/N-ethyl adjacent to an activating group) is 2. The van der Waals surface area contributed by atoms with E-state index in [0.717, 1.165) is 25.8 Å². The topological polar surface area (TPSA) is 554 Å². The molecule has 0 aromatic heterocycles. The third-order valence-electron chi connectivity index (χ3n) is 7.71. The highest BCUT2D eigenvalue weighted by Gasteiger charge is 2.09. The van der Waals surface area contributed by atoms with E-state index in [2.05, 4.69) is 141 Å². The smallest absolute Gasteiger partial charge is 0.406 e. The van der Waals surface area contributed by atoms with Crippen molar-refractivity contribution >= 4 is 194 Å². The second-order valence-electron chi connectivity index (χ2n) is 15.7. The third-order valence-corrected chi connectivity index (χ3v) is 15.1. The summed E-state index contributed by atoms with van der Waals surface area (Å²) in [4.78, 5) is 104. The number of hydrogen-bond acceptors (Lipinski definition) is 25. The van der Waals surface area contributed by atoms with Crippen molar-refractivity contribution in [1.29, 1.82) is 0 Å². The van der Waals surface area contributed by atoms with Gasteiger partial charge in [-0.15, -0.1) is 11.8 Å². The Bertz CT molecular complexity index is 2170. The van der Waals surface area contributed by atoms with Crippen molar-refractivity contribution in [3.05, 3.63) is 0 Å². The number of thioether (sulfide) groups is 2. The Hall–Kier alpha value is -6.16. The lowest BCUT2D eigenvalue weighted by Crippen LogP contribution is -2.32. The number of rotatable bonds is 9. The molecule has 0 radical (unpaired) electrons. The Morgan fingerprint density at radius 1 is 0.417 bits per heavy atom. The molecule has 53 heteroatoms. The molecule has 0 bridgehead atoms. The van der Waals surface area contributed by atoms with Gasteiger partial charge in [0.1, 0.15) is 4.32 Å². The number of ketones is 1. The molecule has 0 aliphatic heterocycles. The van der Waals surface area contributed by atoms with E-state index >= 15 is 0 Å². The van der Waals surface area contributed by atoms with Crippen molar-refractivity contribution in [2.75, 3.05) is 231 Å². The highest BCUT2D eigenvalue weighted by molar-refractivity contribution is 8.22. The van der Waals surface area contributed by atoms with Crippen LogP contribution in [-0.2, 0) is 80.9 Å². The van der Waals surface area contributed by atoms with Gasteiger partial charge in [-0.05, 0) is 65.0 Å². The average Bonchev–Trinajstić information content (AvgIpc) is 0.931. The average molecular weight is 1690 g/mol. The summed E-state index contributed by atoms with van der Waals surface area (Å²) in [5.74, 6) is -2.59. The van der Waals surface area contributed by atoms with E-state index in [-0.39, 0.29) is 23.2 Å². The van der Waals surface area contributed by atoms with Gasteiger partial charge in [-0.1, -0.05) is 36.2 Å². The van der Waals surface area contributed by atoms with Gasteiger partial charge in [0.05, 0.1) is 26.3 Å². The Balaban J connectivity index is -0.0000000561. The van der Waals surface area contributed by atoms with Gasteiger partial charge >= 0.3 is 36.1 Å². The molecule has 43 nitrogen and oxygen atoms in total. The molecule has 0 saturated heterocycles. The molecule has 20 N–H and O–H groups in total. The number of alkyl carbamates (subject to hydrolysis) is 2. The van der Waals surface area contributed by atoms with E-state index in [1.165, 1.54) is 108 Å². The molecule has 1 unspecified atom stereocenters. The van der Waals surface area contributed by atoms with Crippen molar-refractivity contribution in [3.8, 4) is 0 Å². The summed E-state index contributed by atoms with van der Waals surface area (Å²) in [6.45, 7) is 4.54. The van der Waals surface area contributed by atoms with Gasteiger partial charge in [-0.2, -0.15) is 21.1 Å². The first-order valence-corrected chi connectivity index (χ1v) is 37.3. The van der Waals surface area contributed by atoms with Crippen LogP contribution in [-0.4, -0.2) is 353 Å². The monoisotopic (exact) mass is 1690 g/mol. The van der Waals surface area contributed by atoms with E-state index < -0.39 is 78.5 Å². The van der Waals surface area contributed by atoms with Gasteiger partial charge < -0.3 is 98.4 Å². The van der Waals surface area contributed by atoms with E-state index in [1.54, 1.807) is 121 Å². The summed E-state index contributed by atoms with van der Waals surface area (Å²) in [6.07, 6.45) is 2.86. The maximum absolute atomic E-state index is 10.5. The Kier molecular flexibility index (Phi) is 138. The van der Waals surface area contributed by atoms with Crippen LogP contribution in [0.4, 0.5) is 24.0 Å².